The van der Waals surface area contributed by atoms with Gasteiger partial charge in [-0.3, -0.25) is 0 Å². The van der Waals surface area contributed by atoms with E-state index in [1.807, 2.05) is 0 Å². The summed E-state index contributed by atoms with van der Waals surface area (Å²) < 4.78 is 98.5. The maximum Gasteiger partial charge on any atom is 0.458 e. The minimum atomic E-state index is -5.85. The Kier molecular flexibility index (Phi) is 5.13. The zero-order valence-corrected chi connectivity index (χ0v) is 14.2. The van der Waals surface area contributed by atoms with Crippen molar-refractivity contribution in [3.63, 3.8) is 0 Å². The quantitative estimate of drug-likeness (QED) is 0.548. The number of ether oxygens (including phenoxy) is 1. The van der Waals surface area contributed by atoms with Crippen molar-refractivity contribution in [2.75, 3.05) is 0 Å². The molecule has 1 atom stereocenters. The Morgan fingerprint density at radius 3 is 2.45 bits per heavy atom. The lowest BCUT2D eigenvalue weighted by atomic mass is 9.99. The second-order valence-corrected chi connectivity index (χ2v) is 5.89. The number of rotatable bonds is 3. The summed E-state index contributed by atoms with van der Waals surface area (Å²) in [5.74, 6) is -5.48. The van der Waals surface area contributed by atoms with Crippen LogP contribution in [-0.4, -0.2) is 23.3 Å². The molecule has 4 nitrogen and oxygen atoms in total. The van der Waals surface area contributed by atoms with Crippen LogP contribution in [0.1, 0.15) is 11.1 Å². The molecule has 0 bridgehead atoms. The van der Waals surface area contributed by atoms with Crippen molar-refractivity contribution < 1.29 is 35.5 Å². The monoisotopic (exact) mass is 417 g/mol. The van der Waals surface area contributed by atoms with E-state index in [0.29, 0.717) is 12.1 Å². The highest BCUT2D eigenvalue weighted by Crippen LogP contribution is 2.46. The van der Waals surface area contributed by atoms with Crippen molar-refractivity contribution in [1.29, 1.82) is 5.26 Å². The number of aromatic nitrogens is 1. The fraction of sp³-hybridized carbons (Fsp3) is 0.222. The van der Waals surface area contributed by atoms with Gasteiger partial charge in [0, 0.05) is 17.3 Å². The maximum absolute atomic E-state index is 13.8. The van der Waals surface area contributed by atoms with Crippen molar-refractivity contribution >= 4 is 5.70 Å². The molecule has 1 unspecified atom stereocenters. The van der Waals surface area contributed by atoms with Gasteiger partial charge in [-0.25, -0.2) is 8.78 Å². The molecule has 0 spiro atoms. The first-order chi connectivity index (χ1) is 13.6. The summed E-state index contributed by atoms with van der Waals surface area (Å²) in [4.78, 5) is 3.51. The van der Waals surface area contributed by atoms with Crippen LogP contribution in [0.4, 0.5) is 30.7 Å². The largest absolute Gasteiger partial charge is 0.480 e. The Morgan fingerprint density at radius 2 is 1.83 bits per heavy atom. The topological polar surface area (TPSA) is 50.3 Å². The summed E-state index contributed by atoms with van der Waals surface area (Å²) in [6, 6.07) is 6.02. The van der Waals surface area contributed by atoms with E-state index in [1.165, 1.54) is 30.6 Å². The maximum atomic E-state index is 13.8. The van der Waals surface area contributed by atoms with Gasteiger partial charge in [0.15, 0.2) is 6.10 Å². The molecule has 1 aromatic carbocycles. The minimum absolute atomic E-state index is 0.0462. The van der Waals surface area contributed by atoms with Crippen LogP contribution in [0, 0.1) is 11.5 Å². The number of nitriles is 1. The van der Waals surface area contributed by atoms with Crippen LogP contribution in [0.2, 0.25) is 0 Å². The molecule has 1 aliphatic heterocycles. The number of pyridine rings is 1. The van der Waals surface area contributed by atoms with Crippen LogP contribution < -0.4 is 10.2 Å². The van der Waals surface area contributed by atoms with Gasteiger partial charge >= 0.3 is 12.1 Å². The molecule has 0 saturated carbocycles. The van der Waals surface area contributed by atoms with Gasteiger partial charge in [-0.05, 0) is 36.4 Å². The van der Waals surface area contributed by atoms with E-state index < -0.39 is 30.2 Å². The van der Waals surface area contributed by atoms with Crippen LogP contribution >= 0.6 is 0 Å². The van der Waals surface area contributed by atoms with Gasteiger partial charge in [0.2, 0.25) is 6.19 Å². The molecule has 0 amide bonds. The second-order valence-electron chi connectivity index (χ2n) is 5.89. The number of benzene rings is 1. The molecule has 0 N–H and O–H groups in total. The highest BCUT2D eigenvalue weighted by molar-refractivity contribution is 5.73. The molecule has 1 aliphatic rings. The van der Waals surface area contributed by atoms with Crippen molar-refractivity contribution in [1.82, 2.24) is 4.57 Å². The first kappa shape index (κ1) is 20.4. The third-order valence-electron chi connectivity index (χ3n) is 4.07. The molecule has 29 heavy (non-hydrogen) atoms. The summed E-state index contributed by atoms with van der Waals surface area (Å²) >= 11 is 0. The van der Waals surface area contributed by atoms with Gasteiger partial charge in [0.1, 0.15) is 11.2 Å². The average molecular weight is 417 g/mol. The van der Waals surface area contributed by atoms with E-state index in [2.05, 4.69) is 4.99 Å². The normalized spacial score (nSPS) is 17.4. The van der Waals surface area contributed by atoms with Crippen molar-refractivity contribution in [2.45, 2.75) is 24.6 Å². The lowest BCUT2D eigenvalue weighted by Gasteiger charge is -2.28. The summed E-state index contributed by atoms with van der Waals surface area (Å²) in [5, 5.41) is 8.80. The van der Waals surface area contributed by atoms with E-state index >= 15 is 0 Å². The van der Waals surface area contributed by atoms with E-state index in [9.17, 15) is 30.7 Å². The smallest absolute Gasteiger partial charge is 0.458 e. The average Bonchev–Trinajstić information content (AvgIpc) is 2.66. The van der Waals surface area contributed by atoms with Crippen LogP contribution in [0.25, 0.3) is 5.70 Å². The second kappa shape index (κ2) is 7.27. The predicted molar refractivity (Wildman–Crippen MR) is 85.8 cm³/mol. The molecule has 3 rings (SSSR count). The highest BCUT2D eigenvalue weighted by Gasteiger charge is 2.58. The Bertz CT molecular complexity index is 1060. The lowest BCUT2D eigenvalue weighted by molar-refractivity contribution is -0.289. The van der Waals surface area contributed by atoms with Crippen molar-refractivity contribution in [3.05, 3.63) is 65.3 Å². The van der Waals surface area contributed by atoms with Gasteiger partial charge in [-0.2, -0.15) is 32.2 Å². The Hall–Kier alpha value is -3.29. The zero-order chi connectivity index (χ0) is 21.4. The fourth-order valence-corrected chi connectivity index (χ4v) is 2.73. The molecular weight excluding hydrogens is 407 g/mol. The molecule has 0 aliphatic carbocycles. The molecular formula is C18H10F7N3O. The van der Waals surface area contributed by atoms with Crippen LogP contribution in [0.5, 0.6) is 5.75 Å². The third kappa shape index (κ3) is 3.70. The first-order valence-corrected chi connectivity index (χ1v) is 7.93. The molecule has 152 valence electrons. The Labute approximate surface area is 158 Å². The van der Waals surface area contributed by atoms with E-state index in [4.69, 9.17) is 10.00 Å². The van der Waals surface area contributed by atoms with Crippen molar-refractivity contribution in [3.8, 4) is 11.9 Å². The van der Waals surface area contributed by atoms with E-state index in [-0.39, 0.29) is 22.5 Å². The summed E-state index contributed by atoms with van der Waals surface area (Å²) in [6.45, 7) is 0. The summed E-state index contributed by atoms with van der Waals surface area (Å²) in [7, 11) is 0. The molecule has 0 saturated heterocycles. The number of halogens is 7. The fourth-order valence-electron chi connectivity index (χ4n) is 2.73. The molecule has 0 radical (unpaired) electrons. The van der Waals surface area contributed by atoms with Crippen LogP contribution in [-0.2, 0) is 5.92 Å². The van der Waals surface area contributed by atoms with Gasteiger partial charge < -0.3 is 9.30 Å². The highest BCUT2D eigenvalue weighted by atomic mass is 19.4. The Balaban J connectivity index is 2.26. The van der Waals surface area contributed by atoms with Gasteiger partial charge in [-0.1, -0.05) is 6.07 Å². The van der Waals surface area contributed by atoms with Gasteiger partial charge in [-0.15, -0.1) is 0 Å². The third-order valence-corrected chi connectivity index (χ3v) is 4.07. The van der Waals surface area contributed by atoms with Gasteiger partial charge in [0.05, 0.1) is 5.70 Å². The molecule has 0 fully saturated rings. The molecule has 2 heterocycles. The predicted octanol–water partition coefficient (Wildman–Crippen LogP) is 4.44. The standard InChI is InChI=1S/C18H10F7N3O/c19-16(20)14-8-12(28-6-2-1-3-15(28)27-9-26)11-7-10(4-5-13(11)29-14)17(21,22)18(23,24)25/h1-8,14,16H. The van der Waals surface area contributed by atoms with Gasteiger partial charge in [0.25, 0.3) is 6.43 Å². The number of alkyl halides is 7. The zero-order valence-electron chi connectivity index (χ0n) is 14.2. The first-order valence-electron chi connectivity index (χ1n) is 7.93. The number of fused-ring (bicyclic) bond motifs is 1. The SMILES string of the molecule is N#CN=c1ccccn1C1=CC(C(F)F)Oc2ccc(C(F)(F)C(F)(F)F)cc21. The van der Waals surface area contributed by atoms with Crippen LogP contribution in [0.15, 0.2) is 53.7 Å². The lowest BCUT2D eigenvalue weighted by Crippen LogP contribution is -2.34. The van der Waals surface area contributed by atoms with Crippen LogP contribution in [0.3, 0.4) is 0 Å². The Morgan fingerprint density at radius 1 is 1.10 bits per heavy atom. The van der Waals surface area contributed by atoms with E-state index in [1.54, 1.807) is 0 Å². The number of hydrogen-bond acceptors (Lipinski definition) is 3. The number of nitrogens with zero attached hydrogens (tertiary/aromatic N) is 3. The molecule has 11 heteroatoms. The summed E-state index contributed by atoms with van der Waals surface area (Å²) in [6.07, 6.45) is -6.96. The molecule has 1 aromatic heterocycles. The van der Waals surface area contributed by atoms with Crippen molar-refractivity contribution in [2.24, 2.45) is 4.99 Å². The molecule has 2 aromatic rings. The minimum Gasteiger partial charge on any atom is -0.480 e. The van der Waals surface area contributed by atoms with E-state index in [0.717, 1.165) is 16.7 Å². The number of hydrogen-bond donors (Lipinski definition) is 0. The summed E-state index contributed by atoms with van der Waals surface area (Å²) in [5.41, 5.74) is -1.89.